The first kappa shape index (κ1) is 14.3. The second-order valence-electron chi connectivity index (χ2n) is 5.05. The van der Waals surface area contributed by atoms with Crippen LogP contribution >= 0.6 is 0 Å². The molecule has 4 nitrogen and oxygen atoms in total. The second kappa shape index (κ2) is 5.49. The lowest BCUT2D eigenvalue weighted by molar-refractivity contribution is -0.143. The van der Waals surface area contributed by atoms with E-state index in [4.69, 9.17) is 4.74 Å². The van der Waals surface area contributed by atoms with E-state index in [1.54, 1.807) is 24.6 Å². The zero-order valence-electron chi connectivity index (χ0n) is 12.3. The van der Waals surface area contributed by atoms with Crippen molar-refractivity contribution in [3.05, 3.63) is 45.2 Å². The van der Waals surface area contributed by atoms with E-state index in [9.17, 15) is 9.59 Å². The molecule has 0 fully saturated rings. The number of hydrogen-bond acceptors (Lipinski definition) is 3. The van der Waals surface area contributed by atoms with Gasteiger partial charge in [-0.1, -0.05) is 6.07 Å². The van der Waals surface area contributed by atoms with Gasteiger partial charge < -0.3 is 9.30 Å². The molecule has 4 heteroatoms. The van der Waals surface area contributed by atoms with Gasteiger partial charge in [0.05, 0.1) is 12.1 Å². The Bertz CT molecular complexity index is 729. The van der Waals surface area contributed by atoms with E-state index in [-0.39, 0.29) is 17.9 Å². The van der Waals surface area contributed by atoms with Gasteiger partial charge in [-0.25, -0.2) is 0 Å². The fourth-order valence-corrected chi connectivity index (χ4v) is 2.55. The van der Waals surface area contributed by atoms with Crippen molar-refractivity contribution in [1.82, 2.24) is 4.57 Å². The molecule has 0 bridgehead atoms. The van der Waals surface area contributed by atoms with Crippen molar-refractivity contribution in [1.29, 1.82) is 0 Å². The molecule has 0 aliphatic carbocycles. The summed E-state index contributed by atoms with van der Waals surface area (Å²) < 4.78 is 6.79. The predicted molar refractivity (Wildman–Crippen MR) is 79.1 cm³/mol. The summed E-state index contributed by atoms with van der Waals surface area (Å²) in [6.07, 6.45) is 1.73. The normalized spacial score (nSPS) is 10.8. The molecule has 106 valence electrons. The van der Waals surface area contributed by atoms with Crippen LogP contribution in [0.4, 0.5) is 0 Å². The van der Waals surface area contributed by atoms with Gasteiger partial charge in [-0.2, -0.15) is 0 Å². The summed E-state index contributed by atoms with van der Waals surface area (Å²) in [7, 11) is 0. The first-order chi connectivity index (χ1) is 9.43. The molecule has 0 saturated heterocycles. The highest BCUT2D eigenvalue weighted by Gasteiger charge is 2.12. The van der Waals surface area contributed by atoms with Crippen molar-refractivity contribution in [3.63, 3.8) is 0 Å². The minimum atomic E-state index is -0.295. The van der Waals surface area contributed by atoms with Crippen LogP contribution < -0.4 is 5.43 Å². The van der Waals surface area contributed by atoms with Gasteiger partial charge in [0, 0.05) is 17.1 Å². The molecule has 0 aliphatic heterocycles. The summed E-state index contributed by atoms with van der Waals surface area (Å²) in [6, 6.07) is 3.89. The first-order valence-corrected chi connectivity index (χ1v) is 6.70. The number of nitrogens with zero attached hydrogens (tertiary/aromatic N) is 1. The number of hydrogen-bond donors (Lipinski definition) is 0. The number of carbonyl (C=O) groups is 1. The fraction of sp³-hybridized carbons (Fsp3) is 0.375. The molecular formula is C16H19NO3. The number of esters is 1. The SMILES string of the molecule is CCOC(=O)Cn1cc(C)c(=O)c2cc(C)cc(C)c21. The summed E-state index contributed by atoms with van der Waals surface area (Å²) in [5, 5.41) is 0.659. The van der Waals surface area contributed by atoms with Gasteiger partial charge >= 0.3 is 5.97 Å². The number of aryl methyl sites for hydroxylation is 3. The molecular weight excluding hydrogens is 254 g/mol. The average Bonchev–Trinajstić information content (AvgIpc) is 2.35. The van der Waals surface area contributed by atoms with Gasteiger partial charge in [-0.15, -0.1) is 0 Å². The molecule has 1 aromatic heterocycles. The third-order valence-electron chi connectivity index (χ3n) is 3.29. The van der Waals surface area contributed by atoms with Gasteiger partial charge in [-0.3, -0.25) is 9.59 Å². The lowest BCUT2D eigenvalue weighted by Gasteiger charge is -2.14. The van der Waals surface area contributed by atoms with Crippen LogP contribution in [-0.4, -0.2) is 17.1 Å². The van der Waals surface area contributed by atoms with E-state index in [1.165, 1.54) is 0 Å². The van der Waals surface area contributed by atoms with E-state index < -0.39 is 0 Å². The molecule has 0 aliphatic rings. The van der Waals surface area contributed by atoms with Crippen molar-refractivity contribution < 1.29 is 9.53 Å². The Labute approximate surface area is 118 Å². The van der Waals surface area contributed by atoms with Gasteiger partial charge in [0.2, 0.25) is 0 Å². The number of fused-ring (bicyclic) bond motifs is 1. The second-order valence-corrected chi connectivity index (χ2v) is 5.05. The lowest BCUT2D eigenvalue weighted by atomic mass is 10.0. The van der Waals surface area contributed by atoms with Gasteiger partial charge in [0.1, 0.15) is 6.54 Å². The highest BCUT2D eigenvalue weighted by Crippen LogP contribution is 2.19. The summed E-state index contributed by atoms with van der Waals surface area (Å²) in [4.78, 5) is 24.0. The average molecular weight is 273 g/mol. The van der Waals surface area contributed by atoms with Crippen LogP contribution in [0, 0.1) is 20.8 Å². The summed E-state index contributed by atoms with van der Waals surface area (Å²) >= 11 is 0. The lowest BCUT2D eigenvalue weighted by Crippen LogP contribution is -2.19. The van der Waals surface area contributed by atoms with Crippen molar-refractivity contribution in [2.24, 2.45) is 0 Å². The molecule has 1 aromatic carbocycles. The van der Waals surface area contributed by atoms with Gasteiger partial charge in [-0.05, 0) is 44.9 Å². The monoisotopic (exact) mass is 273 g/mol. The Morgan fingerprint density at radius 1 is 1.20 bits per heavy atom. The third-order valence-corrected chi connectivity index (χ3v) is 3.29. The Morgan fingerprint density at radius 2 is 1.90 bits per heavy atom. The molecule has 0 N–H and O–H groups in total. The quantitative estimate of drug-likeness (QED) is 0.807. The summed E-state index contributed by atoms with van der Waals surface area (Å²) in [5.41, 5.74) is 3.49. The van der Waals surface area contributed by atoms with E-state index in [0.717, 1.165) is 16.6 Å². The molecule has 0 atom stereocenters. The van der Waals surface area contributed by atoms with E-state index >= 15 is 0 Å². The fourth-order valence-electron chi connectivity index (χ4n) is 2.55. The van der Waals surface area contributed by atoms with Crippen LogP contribution in [0.2, 0.25) is 0 Å². The first-order valence-electron chi connectivity index (χ1n) is 6.70. The summed E-state index contributed by atoms with van der Waals surface area (Å²) in [6.45, 7) is 7.93. The molecule has 2 rings (SSSR count). The minimum absolute atomic E-state index is 0.0203. The molecule has 2 aromatic rings. The maximum atomic E-state index is 12.3. The standard InChI is InChI=1S/C16H19NO3/c1-5-20-14(18)9-17-8-12(4)16(19)13-7-10(2)6-11(3)15(13)17/h6-8H,5,9H2,1-4H3. The molecule has 0 saturated carbocycles. The van der Waals surface area contributed by atoms with Crippen molar-refractivity contribution in [2.45, 2.75) is 34.2 Å². The number of carbonyl (C=O) groups excluding carboxylic acids is 1. The number of ether oxygens (including phenoxy) is 1. The van der Waals surface area contributed by atoms with Crippen LogP contribution in [0.15, 0.2) is 23.1 Å². The minimum Gasteiger partial charge on any atom is -0.465 e. The number of rotatable bonds is 3. The van der Waals surface area contributed by atoms with E-state index in [0.29, 0.717) is 17.6 Å². The molecule has 1 heterocycles. The Morgan fingerprint density at radius 3 is 2.55 bits per heavy atom. The number of benzene rings is 1. The van der Waals surface area contributed by atoms with Gasteiger partial charge in [0.15, 0.2) is 5.43 Å². The summed E-state index contributed by atoms with van der Waals surface area (Å²) in [5.74, 6) is -0.295. The van der Waals surface area contributed by atoms with Crippen molar-refractivity contribution in [3.8, 4) is 0 Å². The number of aromatic nitrogens is 1. The van der Waals surface area contributed by atoms with Crippen LogP contribution in [0.25, 0.3) is 10.9 Å². The highest BCUT2D eigenvalue weighted by atomic mass is 16.5. The Kier molecular flexibility index (Phi) is 3.93. The van der Waals surface area contributed by atoms with Crippen molar-refractivity contribution in [2.75, 3.05) is 6.61 Å². The highest BCUT2D eigenvalue weighted by molar-refractivity contribution is 5.84. The predicted octanol–water partition coefficient (Wildman–Crippen LogP) is 2.49. The topological polar surface area (TPSA) is 48.3 Å². The van der Waals surface area contributed by atoms with E-state index in [2.05, 4.69) is 0 Å². The number of pyridine rings is 1. The molecule has 20 heavy (non-hydrogen) atoms. The largest absolute Gasteiger partial charge is 0.465 e. The molecule has 0 radical (unpaired) electrons. The molecule has 0 spiro atoms. The maximum Gasteiger partial charge on any atom is 0.325 e. The maximum absolute atomic E-state index is 12.3. The van der Waals surface area contributed by atoms with Crippen LogP contribution in [0.1, 0.15) is 23.6 Å². The van der Waals surface area contributed by atoms with Crippen LogP contribution in [0.5, 0.6) is 0 Å². The van der Waals surface area contributed by atoms with Crippen molar-refractivity contribution >= 4 is 16.9 Å². The van der Waals surface area contributed by atoms with Crippen LogP contribution in [0.3, 0.4) is 0 Å². The Hall–Kier alpha value is -2.10. The molecule has 0 amide bonds. The zero-order chi connectivity index (χ0) is 14.9. The van der Waals surface area contributed by atoms with E-state index in [1.807, 2.05) is 26.0 Å². The molecule has 0 unspecified atom stereocenters. The smallest absolute Gasteiger partial charge is 0.325 e. The van der Waals surface area contributed by atoms with Gasteiger partial charge in [0.25, 0.3) is 0 Å². The van der Waals surface area contributed by atoms with Crippen LogP contribution in [-0.2, 0) is 16.1 Å². The third kappa shape index (κ3) is 2.59. The zero-order valence-corrected chi connectivity index (χ0v) is 12.3. The Balaban J connectivity index is 2.69.